The van der Waals surface area contributed by atoms with Gasteiger partial charge in [0.25, 0.3) is 5.91 Å². The summed E-state index contributed by atoms with van der Waals surface area (Å²) < 4.78 is 5.98. The normalized spacial score (nSPS) is 19.1. The number of fused-ring (bicyclic) bond motifs is 1. The van der Waals surface area contributed by atoms with E-state index in [0.29, 0.717) is 13.0 Å². The van der Waals surface area contributed by atoms with Crippen LogP contribution in [0, 0.1) is 0 Å². The highest BCUT2D eigenvalue weighted by molar-refractivity contribution is 6.07. The van der Waals surface area contributed by atoms with Crippen LogP contribution in [0.25, 0.3) is 11.0 Å². The van der Waals surface area contributed by atoms with Crippen molar-refractivity contribution in [2.24, 2.45) is 0 Å². The van der Waals surface area contributed by atoms with Crippen LogP contribution < -0.4 is 5.32 Å². The summed E-state index contributed by atoms with van der Waals surface area (Å²) in [6.07, 6.45) is 1.28. The molecule has 1 fully saturated rings. The zero-order chi connectivity index (χ0) is 21.3. The van der Waals surface area contributed by atoms with Crippen LogP contribution in [0.4, 0.5) is 4.79 Å². The van der Waals surface area contributed by atoms with Crippen molar-refractivity contribution >= 4 is 22.9 Å². The quantitative estimate of drug-likeness (QED) is 0.597. The Kier molecular flexibility index (Phi) is 5.35. The molecule has 1 aliphatic rings. The number of benzene rings is 2. The molecule has 6 nitrogen and oxygen atoms in total. The van der Waals surface area contributed by atoms with Gasteiger partial charge in [-0.1, -0.05) is 62.4 Å². The third kappa shape index (κ3) is 3.27. The molecule has 3 aromatic rings. The first kappa shape index (κ1) is 20.2. The topological polar surface area (TPSA) is 65.8 Å². The van der Waals surface area contributed by atoms with E-state index in [1.807, 2.05) is 73.5 Å². The van der Waals surface area contributed by atoms with Crippen LogP contribution in [-0.4, -0.2) is 35.5 Å². The number of rotatable bonds is 7. The van der Waals surface area contributed by atoms with E-state index in [9.17, 15) is 9.59 Å². The van der Waals surface area contributed by atoms with E-state index >= 15 is 0 Å². The Balaban J connectivity index is 1.56. The van der Waals surface area contributed by atoms with Crippen molar-refractivity contribution in [3.63, 3.8) is 0 Å². The number of carbonyl (C=O) groups is 2. The highest BCUT2D eigenvalue weighted by atomic mass is 16.3. The van der Waals surface area contributed by atoms with Crippen LogP contribution in [0.1, 0.15) is 37.2 Å². The van der Waals surface area contributed by atoms with E-state index in [-0.39, 0.29) is 18.6 Å². The molecule has 2 heterocycles. The fourth-order valence-electron chi connectivity index (χ4n) is 4.29. The lowest BCUT2D eigenvalue weighted by Gasteiger charge is -2.27. The number of nitrogens with one attached hydrogen (secondary N) is 1. The summed E-state index contributed by atoms with van der Waals surface area (Å²) in [5.41, 5.74) is 1.77. The molecule has 0 spiro atoms. The fraction of sp³-hybridized carbons (Fsp3) is 0.333. The first-order valence-electron chi connectivity index (χ1n) is 10.4. The number of carbonyl (C=O) groups excluding carboxylic acids is 2. The third-order valence-electron chi connectivity index (χ3n) is 5.89. The van der Waals surface area contributed by atoms with Gasteiger partial charge in [-0.3, -0.25) is 9.69 Å². The van der Waals surface area contributed by atoms with E-state index in [4.69, 9.17) is 4.42 Å². The number of urea groups is 1. The van der Waals surface area contributed by atoms with E-state index in [0.717, 1.165) is 34.3 Å². The molecular weight excluding hydrogens is 378 g/mol. The molecule has 1 aliphatic heterocycles. The number of amides is 3. The van der Waals surface area contributed by atoms with Crippen molar-refractivity contribution < 1.29 is 14.0 Å². The molecule has 6 heteroatoms. The SMILES string of the molecule is CCc1oc2ccccc2c1CN(C)CN1C(=O)N[C@](CC)(c2ccccc2)C1=O. The minimum atomic E-state index is -1.00. The average molecular weight is 405 g/mol. The van der Waals surface area contributed by atoms with Gasteiger partial charge in [-0.15, -0.1) is 0 Å². The molecule has 2 aromatic carbocycles. The molecule has 30 heavy (non-hydrogen) atoms. The standard InChI is InChI=1S/C24H27N3O3/c1-4-20-19(18-13-9-10-14-21(18)30-20)15-26(3)16-27-22(28)24(5-2,25-23(27)29)17-11-7-6-8-12-17/h6-14H,4-5,15-16H2,1-3H3,(H,25,29)/t24-/m1/s1. The molecule has 0 bridgehead atoms. The summed E-state index contributed by atoms with van der Waals surface area (Å²) in [7, 11) is 1.91. The van der Waals surface area contributed by atoms with Crippen molar-refractivity contribution in [1.82, 2.24) is 15.1 Å². The van der Waals surface area contributed by atoms with E-state index < -0.39 is 5.54 Å². The second kappa shape index (κ2) is 7.95. The summed E-state index contributed by atoms with van der Waals surface area (Å²) in [6.45, 7) is 4.78. The lowest BCUT2D eigenvalue weighted by Crippen LogP contribution is -2.44. The summed E-state index contributed by atoms with van der Waals surface area (Å²) in [6, 6.07) is 17.1. The van der Waals surface area contributed by atoms with Crippen LogP contribution in [0.3, 0.4) is 0 Å². The zero-order valence-electron chi connectivity index (χ0n) is 17.6. The third-order valence-corrected chi connectivity index (χ3v) is 5.89. The Bertz CT molecular complexity index is 1080. The van der Waals surface area contributed by atoms with E-state index in [1.165, 1.54) is 4.90 Å². The summed E-state index contributed by atoms with van der Waals surface area (Å²) in [4.78, 5) is 29.4. The van der Waals surface area contributed by atoms with Crippen LogP contribution in [-0.2, 0) is 23.3 Å². The van der Waals surface area contributed by atoms with Crippen LogP contribution in [0.5, 0.6) is 0 Å². The van der Waals surface area contributed by atoms with Gasteiger partial charge < -0.3 is 9.73 Å². The number of furan rings is 1. The Morgan fingerprint density at radius 2 is 1.73 bits per heavy atom. The maximum atomic E-state index is 13.3. The Hall–Kier alpha value is -3.12. The van der Waals surface area contributed by atoms with Gasteiger partial charge in [-0.25, -0.2) is 9.69 Å². The van der Waals surface area contributed by atoms with Crippen LogP contribution in [0.15, 0.2) is 59.0 Å². The summed E-state index contributed by atoms with van der Waals surface area (Å²) in [5.74, 6) is 0.730. The molecule has 156 valence electrons. The molecule has 0 saturated carbocycles. The summed E-state index contributed by atoms with van der Waals surface area (Å²) >= 11 is 0. The molecule has 0 aliphatic carbocycles. The molecule has 0 radical (unpaired) electrons. The maximum absolute atomic E-state index is 13.3. The largest absolute Gasteiger partial charge is 0.461 e. The van der Waals surface area contributed by atoms with Crippen molar-refractivity contribution in [3.8, 4) is 0 Å². The number of hydrogen-bond acceptors (Lipinski definition) is 4. The first-order chi connectivity index (χ1) is 14.5. The predicted molar refractivity (Wildman–Crippen MR) is 116 cm³/mol. The minimum Gasteiger partial charge on any atom is -0.461 e. The number of nitrogens with zero attached hydrogens (tertiary/aromatic N) is 2. The number of hydrogen-bond donors (Lipinski definition) is 1. The highest BCUT2D eigenvalue weighted by Gasteiger charge is 2.51. The lowest BCUT2D eigenvalue weighted by molar-refractivity contribution is -0.133. The van der Waals surface area contributed by atoms with Crippen molar-refractivity contribution in [2.45, 2.75) is 38.8 Å². The van der Waals surface area contributed by atoms with Crippen molar-refractivity contribution in [3.05, 3.63) is 71.5 Å². The lowest BCUT2D eigenvalue weighted by atomic mass is 9.87. The smallest absolute Gasteiger partial charge is 0.326 e. The predicted octanol–water partition coefficient (Wildman–Crippen LogP) is 4.24. The zero-order valence-corrected chi connectivity index (χ0v) is 17.6. The number of imide groups is 1. The minimum absolute atomic E-state index is 0.208. The van der Waals surface area contributed by atoms with Crippen molar-refractivity contribution in [2.75, 3.05) is 13.7 Å². The van der Waals surface area contributed by atoms with Gasteiger partial charge >= 0.3 is 6.03 Å². The molecule has 3 amide bonds. The van der Waals surface area contributed by atoms with Gasteiger partial charge in [-0.2, -0.15) is 0 Å². The molecule has 1 aromatic heterocycles. The number of para-hydroxylation sites is 1. The second-order valence-corrected chi connectivity index (χ2v) is 7.80. The van der Waals surface area contributed by atoms with Gasteiger partial charge in [0.15, 0.2) is 0 Å². The van der Waals surface area contributed by atoms with Crippen molar-refractivity contribution in [1.29, 1.82) is 0 Å². The molecular formula is C24H27N3O3. The first-order valence-corrected chi connectivity index (χ1v) is 10.4. The monoisotopic (exact) mass is 405 g/mol. The summed E-state index contributed by atoms with van der Waals surface area (Å²) in [5, 5.41) is 4.02. The van der Waals surface area contributed by atoms with E-state index in [1.54, 1.807) is 0 Å². The van der Waals surface area contributed by atoms with Gasteiger partial charge in [0.1, 0.15) is 16.9 Å². The Labute approximate surface area is 176 Å². The molecule has 1 saturated heterocycles. The van der Waals surface area contributed by atoms with Gasteiger partial charge in [0, 0.05) is 23.9 Å². The van der Waals surface area contributed by atoms with Crippen LogP contribution >= 0.6 is 0 Å². The van der Waals surface area contributed by atoms with Gasteiger partial charge in [-0.05, 0) is 25.1 Å². The molecule has 1 N–H and O–H groups in total. The van der Waals surface area contributed by atoms with Gasteiger partial charge in [0.2, 0.25) is 0 Å². The van der Waals surface area contributed by atoms with Crippen LogP contribution in [0.2, 0.25) is 0 Å². The molecule has 4 rings (SSSR count). The Morgan fingerprint density at radius 1 is 1.03 bits per heavy atom. The number of aryl methyl sites for hydroxylation is 1. The maximum Gasteiger partial charge on any atom is 0.326 e. The van der Waals surface area contributed by atoms with E-state index in [2.05, 4.69) is 12.2 Å². The molecule has 0 unspecified atom stereocenters. The fourth-order valence-corrected chi connectivity index (χ4v) is 4.29. The second-order valence-electron chi connectivity index (χ2n) is 7.80. The molecule has 1 atom stereocenters. The average Bonchev–Trinajstić information content (AvgIpc) is 3.24. The Morgan fingerprint density at radius 3 is 2.43 bits per heavy atom. The van der Waals surface area contributed by atoms with Gasteiger partial charge in [0.05, 0.1) is 6.67 Å². The highest BCUT2D eigenvalue weighted by Crippen LogP contribution is 2.33.